The number of rotatable bonds is 4. The highest BCUT2D eigenvalue weighted by Gasteiger charge is 2.36. The molecule has 0 aliphatic heterocycles. The van der Waals surface area contributed by atoms with E-state index < -0.39 is 17.4 Å². The lowest BCUT2D eigenvalue weighted by atomic mass is 9.78. The normalized spacial score (nSPS) is 13.2. The number of nitrogens with two attached hydrogens (primary N) is 1. The summed E-state index contributed by atoms with van der Waals surface area (Å²) in [5.41, 5.74) is 9.00. The molecule has 1 unspecified atom stereocenters. The van der Waals surface area contributed by atoms with Crippen molar-refractivity contribution in [3.05, 3.63) is 28.3 Å². The molecule has 4 nitrogen and oxygen atoms in total. The maximum atomic E-state index is 11.3. The Morgan fingerprint density at radius 1 is 1.32 bits per heavy atom. The van der Waals surface area contributed by atoms with Crippen molar-refractivity contribution in [1.29, 1.82) is 0 Å². The molecule has 0 aliphatic carbocycles. The van der Waals surface area contributed by atoms with Crippen molar-refractivity contribution in [3.63, 3.8) is 0 Å². The number of hydrogen-bond donors (Lipinski definition) is 2. The Morgan fingerprint density at radius 3 is 2.26 bits per heavy atom. The number of hydrogen-bond acceptors (Lipinski definition) is 3. The highest BCUT2D eigenvalue weighted by atomic mass is 16.5. The summed E-state index contributed by atoms with van der Waals surface area (Å²) >= 11 is 0. The third-order valence-corrected chi connectivity index (χ3v) is 3.93. The van der Waals surface area contributed by atoms with Crippen molar-refractivity contribution in [2.45, 2.75) is 40.7 Å². The van der Waals surface area contributed by atoms with E-state index in [1.54, 1.807) is 21.0 Å². The average molecular weight is 265 g/mol. The van der Waals surface area contributed by atoms with Gasteiger partial charge in [-0.2, -0.15) is 0 Å². The summed E-state index contributed by atoms with van der Waals surface area (Å²) in [5.74, 6) is -0.0629. The lowest BCUT2D eigenvalue weighted by molar-refractivity contribution is -0.148. The predicted octanol–water partition coefficient (Wildman–Crippen LogP) is 2.73. The Balaban J connectivity index is 3.41. The first-order chi connectivity index (χ1) is 8.64. The van der Waals surface area contributed by atoms with Crippen molar-refractivity contribution in [3.8, 4) is 5.75 Å². The minimum Gasteiger partial charge on any atom is -0.496 e. The van der Waals surface area contributed by atoms with Crippen LogP contribution in [0.25, 0.3) is 0 Å². The van der Waals surface area contributed by atoms with E-state index in [1.807, 2.05) is 26.8 Å². The molecule has 0 saturated heterocycles. The van der Waals surface area contributed by atoms with Crippen LogP contribution in [-0.4, -0.2) is 18.2 Å². The number of ether oxygens (including phenoxy) is 1. The molecule has 1 aromatic carbocycles. The molecule has 0 heterocycles. The number of benzene rings is 1. The maximum Gasteiger partial charge on any atom is 0.311 e. The molecular formula is C15H23NO3. The Morgan fingerprint density at radius 2 is 1.84 bits per heavy atom. The van der Waals surface area contributed by atoms with Crippen LogP contribution < -0.4 is 10.5 Å². The van der Waals surface area contributed by atoms with Crippen LogP contribution in [0.2, 0.25) is 0 Å². The van der Waals surface area contributed by atoms with E-state index in [-0.39, 0.29) is 0 Å². The summed E-state index contributed by atoms with van der Waals surface area (Å²) in [7, 11) is 1.63. The second-order valence-corrected chi connectivity index (χ2v) is 5.57. The first kappa shape index (κ1) is 15.5. The van der Waals surface area contributed by atoms with Crippen molar-refractivity contribution in [2.24, 2.45) is 11.1 Å². The molecule has 1 aromatic rings. The molecule has 0 amide bonds. The molecule has 0 bridgehead atoms. The predicted molar refractivity (Wildman–Crippen MR) is 75.6 cm³/mol. The molecule has 3 N–H and O–H groups in total. The minimum absolute atomic E-state index is 0.562. The van der Waals surface area contributed by atoms with Crippen LogP contribution in [0, 0.1) is 26.2 Å². The van der Waals surface area contributed by atoms with E-state index in [4.69, 9.17) is 10.5 Å². The van der Waals surface area contributed by atoms with Gasteiger partial charge in [-0.3, -0.25) is 4.79 Å². The van der Waals surface area contributed by atoms with Crippen molar-refractivity contribution >= 4 is 5.97 Å². The minimum atomic E-state index is -1.02. The molecule has 1 atom stereocenters. The van der Waals surface area contributed by atoms with E-state index >= 15 is 0 Å². The SMILES string of the molecule is COc1c(C)cc(C(N)C(C)(C)C(=O)O)c(C)c1C. The zero-order valence-corrected chi connectivity index (χ0v) is 12.5. The summed E-state index contributed by atoms with van der Waals surface area (Å²) in [4.78, 5) is 11.3. The van der Waals surface area contributed by atoms with Gasteiger partial charge in [0.05, 0.1) is 12.5 Å². The van der Waals surface area contributed by atoms with Gasteiger partial charge in [-0.15, -0.1) is 0 Å². The smallest absolute Gasteiger partial charge is 0.311 e. The quantitative estimate of drug-likeness (QED) is 0.878. The van der Waals surface area contributed by atoms with Crippen molar-refractivity contribution in [1.82, 2.24) is 0 Å². The van der Waals surface area contributed by atoms with Crippen molar-refractivity contribution < 1.29 is 14.6 Å². The van der Waals surface area contributed by atoms with E-state index in [1.165, 1.54) is 0 Å². The van der Waals surface area contributed by atoms with Crippen LogP contribution in [0.4, 0.5) is 0 Å². The fraction of sp³-hybridized carbons (Fsp3) is 0.533. The van der Waals surface area contributed by atoms with E-state index in [0.29, 0.717) is 0 Å². The first-order valence-electron chi connectivity index (χ1n) is 6.28. The lowest BCUT2D eigenvalue weighted by Crippen LogP contribution is -2.37. The second-order valence-electron chi connectivity index (χ2n) is 5.57. The van der Waals surface area contributed by atoms with Crippen LogP contribution in [0.15, 0.2) is 6.07 Å². The van der Waals surface area contributed by atoms with Gasteiger partial charge in [-0.1, -0.05) is 6.07 Å². The van der Waals surface area contributed by atoms with Crippen LogP contribution >= 0.6 is 0 Å². The topological polar surface area (TPSA) is 72.5 Å². The monoisotopic (exact) mass is 265 g/mol. The Bertz CT molecular complexity index is 507. The zero-order chi connectivity index (χ0) is 15.0. The molecule has 4 heteroatoms. The van der Waals surface area contributed by atoms with Gasteiger partial charge < -0.3 is 15.6 Å². The summed E-state index contributed by atoms with van der Waals surface area (Å²) in [6, 6.07) is 1.37. The zero-order valence-electron chi connectivity index (χ0n) is 12.5. The number of aryl methyl sites for hydroxylation is 1. The molecule has 106 valence electrons. The molecule has 0 aliphatic rings. The van der Waals surface area contributed by atoms with Crippen LogP contribution in [0.5, 0.6) is 5.75 Å². The van der Waals surface area contributed by atoms with Crippen LogP contribution in [0.1, 0.15) is 42.1 Å². The largest absolute Gasteiger partial charge is 0.496 e. The summed E-state index contributed by atoms with van der Waals surface area (Å²) < 4.78 is 5.37. The second kappa shape index (κ2) is 5.21. The van der Waals surface area contributed by atoms with Gasteiger partial charge in [0.2, 0.25) is 0 Å². The summed E-state index contributed by atoms with van der Waals surface area (Å²) in [6.45, 7) is 9.15. The van der Waals surface area contributed by atoms with Crippen LogP contribution in [0.3, 0.4) is 0 Å². The van der Waals surface area contributed by atoms with E-state index in [2.05, 4.69) is 0 Å². The van der Waals surface area contributed by atoms with Gasteiger partial charge >= 0.3 is 5.97 Å². The fourth-order valence-corrected chi connectivity index (χ4v) is 2.25. The fourth-order valence-electron chi connectivity index (χ4n) is 2.25. The maximum absolute atomic E-state index is 11.3. The molecule has 0 spiro atoms. The average Bonchev–Trinajstić information content (AvgIpc) is 2.33. The third kappa shape index (κ3) is 2.59. The first-order valence-corrected chi connectivity index (χ1v) is 6.28. The highest BCUT2D eigenvalue weighted by Crippen LogP contribution is 2.37. The Kier molecular flexibility index (Phi) is 4.25. The third-order valence-electron chi connectivity index (χ3n) is 3.93. The highest BCUT2D eigenvalue weighted by molar-refractivity contribution is 5.75. The molecule has 0 aromatic heterocycles. The van der Waals surface area contributed by atoms with Gasteiger partial charge in [0.15, 0.2) is 0 Å². The van der Waals surface area contributed by atoms with E-state index in [9.17, 15) is 9.90 Å². The molecule has 19 heavy (non-hydrogen) atoms. The van der Waals surface area contributed by atoms with Gasteiger partial charge in [0, 0.05) is 6.04 Å². The number of methoxy groups -OCH3 is 1. The summed E-state index contributed by atoms with van der Waals surface area (Å²) in [5, 5.41) is 9.30. The van der Waals surface area contributed by atoms with E-state index in [0.717, 1.165) is 28.0 Å². The van der Waals surface area contributed by atoms with Crippen molar-refractivity contribution in [2.75, 3.05) is 7.11 Å². The number of carboxylic acids is 1. The van der Waals surface area contributed by atoms with Gasteiger partial charge in [0.25, 0.3) is 0 Å². The molecule has 0 saturated carbocycles. The molecule has 0 fully saturated rings. The van der Waals surface area contributed by atoms with Gasteiger partial charge in [0.1, 0.15) is 5.75 Å². The van der Waals surface area contributed by atoms with Gasteiger partial charge in [-0.25, -0.2) is 0 Å². The standard InChI is InChI=1S/C15H23NO3/c1-8-7-11(9(2)10(3)12(8)19-6)13(16)15(4,5)14(17)18/h7,13H,16H2,1-6H3,(H,17,18). The molecular weight excluding hydrogens is 242 g/mol. The number of carbonyl (C=O) groups is 1. The molecule has 0 radical (unpaired) electrons. The van der Waals surface area contributed by atoms with Crippen LogP contribution in [-0.2, 0) is 4.79 Å². The molecule has 1 rings (SSSR count). The summed E-state index contributed by atoms with van der Waals surface area (Å²) in [6.07, 6.45) is 0. The Labute approximate surface area is 114 Å². The number of carboxylic acid groups (broad SMARTS) is 1. The van der Waals surface area contributed by atoms with Gasteiger partial charge in [-0.05, 0) is 56.9 Å². The Hall–Kier alpha value is -1.55. The number of aliphatic carboxylic acids is 1. The lowest BCUT2D eigenvalue weighted by Gasteiger charge is -2.30.